The number of nitrogen functional groups attached to an aromatic ring is 1. The number of likely N-dealkylation sites (tertiary alicyclic amines) is 1. The molecule has 1 fully saturated rings. The predicted molar refractivity (Wildman–Crippen MR) is 71.8 cm³/mol. The number of halogens is 2. The average molecular weight is 319 g/mol. The summed E-state index contributed by atoms with van der Waals surface area (Å²) in [7, 11) is -4.27. The van der Waals surface area contributed by atoms with Crippen LogP contribution in [0.25, 0.3) is 0 Å². The number of sulfonamides is 1. The summed E-state index contributed by atoms with van der Waals surface area (Å²) in [4.78, 5) is 12.5. The lowest BCUT2D eigenvalue weighted by Crippen LogP contribution is -2.38. The maximum absolute atomic E-state index is 13.7. The first-order valence-corrected chi connectivity index (χ1v) is 7.82. The number of nitrogens with zero attached hydrogens (tertiary/aromatic N) is 1. The van der Waals surface area contributed by atoms with E-state index in [0.29, 0.717) is 13.1 Å². The number of carbonyl (C=O) groups is 1. The van der Waals surface area contributed by atoms with Crippen LogP contribution < -0.4 is 10.5 Å². The highest BCUT2D eigenvalue weighted by Gasteiger charge is 2.25. The molecule has 0 aromatic heterocycles. The quantitative estimate of drug-likeness (QED) is 0.788. The summed E-state index contributed by atoms with van der Waals surface area (Å²) >= 11 is 0. The average Bonchev–Trinajstić information content (AvgIpc) is 2.96. The van der Waals surface area contributed by atoms with Gasteiger partial charge in [-0.05, 0) is 25.0 Å². The first-order chi connectivity index (χ1) is 9.83. The molecule has 2 rings (SSSR count). The van der Waals surface area contributed by atoms with Crippen LogP contribution in [0.4, 0.5) is 14.5 Å². The molecule has 1 aromatic rings. The molecule has 1 aliphatic rings. The molecule has 6 nitrogen and oxygen atoms in total. The van der Waals surface area contributed by atoms with Gasteiger partial charge in [-0.2, -0.15) is 0 Å². The highest BCUT2D eigenvalue weighted by molar-refractivity contribution is 7.89. The van der Waals surface area contributed by atoms with Gasteiger partial charge in [0.25, 0.3) is 0 Å². The Labute approximate surface area is 121 Å². The van der Waals surface area contributed by atoms with Crippen LogP contribution in [0.3, 0.4) is 0 Å². The van der Waals surface area contributed by atoms with Crippen molar-refractivity contribution in [2.75, 3.05) is 25.4 Å². The van der Waals surface area contributed by atoms with Crippen molar-refractivity contribution in [2.24, 2.45) is 0 Å². The van der Waals surface area contributed by atoms with Crippen LogP contribution >= 0.6 is 0 Å². The smallest absolute Gasteiger partial charge is 0.244 e. The van der Waals surface area contributed by atoms with Crippen molar-refractivity contribution in [1.82, 2.24) is 9.62 Å². The van der Waals surface area contributed by atoms with Crippen LogP contribution in [0, 0.1) is 11.6 Å². The highest BCUT2D eigenvalue weighted by Crippen LogP contribution is 2.22. The third kappa shape index (κ3) is 3.30. The van der Waals surface area contributed by atoms with E-state index >= 15 is 0 Å². The van der Waals surface area contributed by atoms with E-state index in [-0.39, 0.29) is 5.91 Å². The third-order valence-corrected chi connectivity index (χ3v) is 4.67. The van der Waals surface area contributed by atoms with E-state index in [1.807, 2.05) is 4.72 Å². The van der Waals surface area contributed by atoms with Crippen LogP contribution in [-0.4, -0.2) is 38.9 Å². The molecule has 0 spiro atoms. The van der Waals surface area contributed by atoms with Crippen LogP contribution in [0.1, 0.15) is 12.8 Å². The van der Waals surface area contributed by atoms with E-state index in [1.165, 1.54) is 4.90 Å². The molecular formula is C12H15F2N3O3S. The summed E-state index contributed by atoms with van der Waals surface area (Å²) in [6.07, 6.45) is 1.75. The molecule has 1 amide bonds. The van der Waals surface area contributed by atoms with Gasteiger partial charge in [0.15, 0.2) is 5.82 Å². The molecule has 3 N–H and O–H groups in total. The third-order valence-electron chi connectivity index (χ3n) is 3.25. The minimum Gasteiger partial charge on any atom is -0.394 e. The Hall–Kier alpha value is -1.74. The number of rotatable bonds is 4. The van der Waals surface area contributed by atoms with E-state index in [9.17, 15) is 22.0 Å². The molecule has 1 heterocycles. The predicted octanol–water partition coefficient (Wildman–Crippen LogP) is 0.448. The summed E-state index contributed by atoms with van der Waals surface area (Å²) in [6, 6.07) is 1.53. The summed E-state index contributed by atoms with van der Waals surface area (Å²) < 4.78 is 52.6. The van der Waals surface area contributed by atoms with Crippen molar-refractivity contribution in [1.29, 1.82) is 0 Å². The van der Waals surface area contributed by atoms with Crippen LogP contribution in [0.2, 0.25) is 0 Å². The second kappa shape index (κ2) is 5.94. The minimum atomic E-state index is -4.27. The lowest BCUT2D eigenvalue weighted by atomic mass is 10.3. The summed E-state index contributed by atoms with van der Waals surface area (Å²) in [5, 5.41) is 0. The number of hydrogen-bond acceptors (Lipinski definition) is 4. The van der Waals surface area contributed by atoms with E-state index in [1.54, 1.807) is 0 Å². The van der Waals surface area contributed by atoms with Crippen LogP contribution in [0.5, 0.6) is 0 Å². The Kier molecular flexibility index (Phi) is 4.43. The number of hydrogen-bond donors (Lipinski definition) is 2. The van der Waals surface area contributed by atoms with Crippen molar-refractivity contribution in [2.45, 2.75) is 17.7 Å². The van der Waals surface area contributed by atoms with Gasteiger partial charge in [-0.15, -0.1) is 0 Å². The van der Waals surface area contributed by atoms with Gasteiger partial charge in [-0.1, -0.05) is 0 Å². The first-order valence-electron chi connectivity index (χ1n) is 6.34. The maximum atomic E-state index is 13.7. The molecule has 9 heteroatoms. The molecule has 116 valence electrons. The monoisotopic (exact) mass is 319 g/mol. The first kappa shape index (κ1) is 15.6. The van der Waals surface area contributed by atoms with E-state index in [2.05, 4.69) is 0 Å². The minimum absolute atomic E-state index is 0.383. The van der Waals surface area contributed by atoms with Crippen molar-refractivity contribution in [3.8, 4) is 0 Å². The summed E-state index contributed by atoms with van der Waals surface area (Å²) in [5.41, 5.74) is 4.25. The van der Waals surface area contributed by atoms with Gasteiger partial charge in [0.05, 0.1) is 6.54 Å². The Balaban J connectivity index is 2.12. The van der Waals surface area contributed by atoms with Gasteiger partial charge >= 0.3 is 0 Å². The Morgan fingerprint density at radius 3 is 2.52 bits per heavy atom. The fourth-order valence-electron chi connectivity index (χ4n) is 2.07. The van der Waals surface area contributed by atoms with Crippen molar-refractivity contribution < 1.29 is 22.0 Å². The Bertz CT molecular complexity index is 658. The molecule has 0 radical (unpaired) electrons. The summed E-state index contributed by atoms with van der Waals surface area (Å²) in [5.74, 6) is -2.79. The molecule has 21 heavy (non-hydrogen) atoms. The Morgan fingerprint density at radius 2 is 1.90 bits per heavy atom. The van der Waals surface area contributed by atoms with Gasteiger partial charge in [-0.25, -0.2) is 21.9 Å². The maximum Gasteiger partial charge on any atom is 0.244 e. The second-order valence-electron chi connectivity index (χ2n) is 4.69. The van der Waals surface area contributed by atoms with Gasteiger partial charge in [0.2, 0.25) is 15.9 Å². The molecule has 0 aliphatic carbocycles. The van der Waals surface area contributed by atoms with Crippen LogP contribution in [-0.2, 0) is 14.8 Å². The summed E-state index contributed by atoms with van der Waals surface area (Å²) in [6.45, 7) is 0.690. The number of carbonyl (C=O) groups excluding carboxylic acids is 1. The zero-order chi connectivity index (χ0) is 15.6. The molecule has 1 aromatic carbocycles. The Morgan fingerprint density at radius 1 is 1.29 bits per heavy atom. The van der Waals surface area contributed by atoms with Gasteiger partial charge < -0.3 is 10.6 Å². The molecule has 0 unspecified atom stereocenters. The molecule has 0 saturated carbocycles. The zero-order valence-corrected chi connectivity index (χ0v) is 11.9. The fraction of sp³-hybridized carbons (Fsp3) is 0.417. The molecule has 1 saturated heterocycles. The van der Waals surface area contributed by atoms with Gasteiger partial charge in [0, 0.05) is 13.1 Å². The topological polar surface area (TPSA) is 92.5 Å². The van der Waals surface area contributed by atoms with Crippen molar-refractivity contribution in [3.05, 3.63) is 23.8 Å². The number of nitrogens with one attached hydrogen (secondary N) is 1. The fourth-order valence-corrected chi connectivity index (χ4v) is 3.13. The van der Waals surface area contributed by atoms with Crippen molar-refractivity contribution in [3.63, 3.8) is 0 Å². The number of nitrogens with two attached hydrogens (primary N) is 1. The molecule has 0 atom stereocenters. The van der Waals surface area contributed by atoms with Crippen LogP contribution in [0.15, 0.2) is 17.0 Å². The molecule has 1 aliphatic heterocycles. The zero-order valence-electron chi connectivity index (χ0n) is 11.1. The number of amides is 1. The second-order valence-corrected chi connectivity index (χ2v) is 6.42. The molecular weight excluding hydrogens is 304 g/mol. The normalized spacial score (nSPS) is 15.4. The van der Waals surface area contributed by atoms with Gasteiger partial charge in [0.1, 0.15) is 16.4 Å². The molecule has 0 bridgehead atoms. The van der Waals surface area contributed by atoms with E-state index in [0.717, 1.165) is 25.0 Å². The number of benzene rings is 1. The lowest BCUT2D eigenvalue weighted by Gasteiger charge is -2.15. The highest BCUT2D eigenvalue weighted by atomic mass is 32.2. The standard InChI is InChI=1S/C12H15F2N3O3S/c13-8-3-4-9(11(14)12(8)15)21(19,20)16-7-10(18)17-5-1-2-6-17/h3-4,16H,1-2,5-7,15H2. The van der Waals surface area contributed by atoms with E-state index < -0.39 is 38.8 Å². The van der Waals surface area contributed by atoms with E-state index in [4.69, 9.17) is 5.73 Å². The number of anilines is 1. The SMILES string of the molecule is Nc1c(F)ccc(S(=O)(=O)NCC(=O)N2CCCC2)c1F. The lowest BCUT2D eigenvalue weighted by molar-refractivity contribution is -0.128. The van der Waals surface area contributed by atoms with Gasteiger partial charge in [-0.3, -0.25) is 4.79 Å². The largest absolute Gasteiger partial charge is 0.394 e. The van der Waals surface area contributed by atoms with Crippen molar-refractivity contribution >= 4 is 21.6 Å².